The third-order valence-corrected chi connectivity index (χ3v) is 2.81. The highest BCUT2D eigenvalue weighted by Crippen LogP contribution is 2.20. The zero-order valence-corrected chi connectivity index (χ0v) is 10.0. The summed E-state index contributed by atoms with van der Waals surface area (Å²) in [5.41, 5.74) is -0.276. The highest BCUT2D eigenvalue weighted by Gasteiger charge is 2.19. The van der Waals surface area contributed by atoms with Crippen LogP contribution in [0.2, 0.25) is 0 Å². The van der Waals surface area contributed by atoms with E-state index in [1.165, 1.54) is 18.3 Å². The van der Waals surface area contributed by atoms with Crippen molar-refractivity contribution in [2.75, 3.05) is 0 Å². The minimum atomic E-state index is -1.16. The summed E-state index contributed by atoms with van der Waals surface area (Å²) in [6.07, 6.45) is 1.41. The molecule has 1 aromatic carbocycles. The Kier molecular flexibility index (Phi) is 3.28. The summed E-state index contributed by atoms with van der Waals surface area (Å²) in [4.78, 5) is 15.8. The largest absolute Gasteiger partial charge is 0.287 e. The number of benzene rings is 1. The molecule has 0 spiro atoms. The maximum atomic E-state index is 13.4. The van der Waals surface area contributed by atoms with Crippen LogP contribution in [0.5, 0.6) is 0 Å². The van der Waals surface area contributed by atoms with Crippen molar-refractivity contribution in [3.05, 3.63) is 63.9 Å². The number of ketones is 1. The number of hydrogen-bond acceptors (Lipinski definition) is 2. The average molecular weight is 298 g/mol. The predicted octanol–water partition coefficient (Wildman–Crippen LogP) is 3.35. The molecule has 86 valence electrons. The van der Waals surface area contributed by atoms with Gasteiger partial charge in [0.25, 0.3) is 0 Å². The summed E-state index contributed by atoms with van der Waals surface area (Å²) in [6, 6.07) is 6.70. The molecule has 5 heteroatoms. The number of carbonyl (C=O) groups excluding carboxylic acids is 1. The highest BCUT2D eigenvalue weighted by molar-refractivity contribution is 9.10. The monoisotopic (exact) mass is 297 g/mol. The smallest absolute Gasteiger partial charge is 0.215 e. The summed E-state index contributed by atoms with van der Waals surface area (Å²) in [7, 11) is 0. The Bertz CT molecular complexity index is 586. The number of rotatable bonds is 2. The number of halogens is 3. The third kappa shape index (κ3) is 2.24. The van der Waals surface area contributed by atoms with Gasteiger partial charge in [0.05, 0.1) is 5.56 Å². The molecule has 2 aromatic rings. The molecule has 0 saturated carbocycles. The summed E-state index contributed by atoms with van der Waals surface area (Å²) >= 11 is 3.14. The normalized spacial score (nSPS) is 10.3. The Hall–Kier alpha value is -1.62. The fourth-order valence-electron chi connectivity index (χ4n) is 1.36. The van der Waals surface area contributed by atoms with Crippen molar-refractivity contribution in [2.45, 2.75) is 0 Å². The van der Waals surface area contributed by atoms with Crippen molar-refractivity contribution in [3.63, 3.8) is 0 Å². The second kappa shape index (κ2) is 4.71. The van der Waals surface area contributed by atoms with E-state index in [9.17, 15) is 13.6 Å². The van der Waals surface area contributed by atoms with E-state index in [0.29, 0.717) is 4.47 Å². The van der Waals surface area contributed by atoms with Crippen LogP contribution in [0, 0.1) is 11.6 Å². The van der Waals surface area contributed by atoms with Gasteiger partial charge in [-0.25, -0.2) is 8.78 Å². The zero-order valence-electron chi connectivity index (χ0n) is 8.45. The number of carbonyl (C=O) groups is 1. The first-order valence-electron chi connectivity index (χ1n) is 4.70. The second-order valence-corrected chi connectivity index (χ2v) is 4.12. The molecule has 0 N–H and O–H groups in total. The minimum Gasteiger partial charge on any atom is -0.287 e. The maximum absolute atomic E-state index is 13.4. The van der Waals surface area contributed by atoms with Crippen molar-refractivity contribution < 1.29 is 13.6 Å². The quantitative estimate of drug-likeness (QED) is 0.796. The Morgan fingerprint density at radius 1 is 1.18 bits per heavy atom. The summed E-state index contributed by atoms with van der Waals surface area (Å²) < 4.78 is 26.9. The van der Waals surface area contributed by atoms with Gasteiger partial charge in [0.2, 0.25) is 5.78 Å². The number of hydrogen-bond donors (Lipinski definition) is 0. The lowest BCUT2D eigenvalue weighted by Crippen LogP contribution is -2.08. The van der Waals surface area contributed by atoms with Crippen LogP contribution >= 0.6 is 15.9 Å². The summed E-state index contributed by atoms with van der Waals surface area (Å²) in [5.74, 6) is -2.87. The van der Waals surface area contributed by atoms with Crippen molar-refractivity contribution in [2.24, 2.45) is 0 Å². The molecule has 0 bridgehead atoms. The Balaban J connectivity index is 2.52. The predicted molar refractivity (Wildman–Crippen MR) is 61.7 cm³/mol. The highest BCUT2D eigenvalue weighted by atomic mass is 79.9. The molecule has 0 aliphatic rings. The van der Waals surface area contributed by atoms with Crippen molar-refractivity contribution in [1.29, 1.82) is 0 Å². The van der Waals surface area contributed by atoms with Crippen molar-refractivity contribution in [3.8, 4) is 0 Å². The Labute approximate surface area is 104 Å². The Morgan fingerprint density at radius 2 is 1.94 bits per heavy atom. The zero-order chi connectivity index (χ0) is 12.4. The molecule has 0 atom stereocenters. The van der Waals surface area contributed by atoms with Crippen LogP contribution in [0.3, 0.4) is 0 Å². The molecule has 0 unspecified atom stereocenters. The molecule has 2 nitrogen and oxygen atoms in total. The van der Waals surface area contributed by atoms with E-state index in [1.807, 2.05) is 0 Å². The van der Waals surface area contributed by atoms with Gasteiger partial charge in [0.15, 0.2) is 11.6 Å². The fraction of sp³-hybridized carbons (Fsp3) is 0. The third-order valence-electron chi connectivity index (χ3n) is 2.17. The van der Waals surface area contributed by atoms with Crippen LogP contribution in [0.4, 0.5) is 8.78 Å². The van der Waals surface area contributed by atoms with Crippen molar-refractivity contribution >= 4 is 21.7 Å². The fourth-order valence-corrected chi connectivity index (χ4v) is 1.79. The maximum Gasteiger partial charge on any atom is 0.215 e. The molecular weight excluding hydrogens is 292 g/mol. The van der Waals surface area contributed by atoms with Crippen molar-refractivity contribution in [1.82, 2.24) is 4.98 Å². The molecular formula is C12H6BrF2NO. The molecule has 0 radical (unpaired) electrons. The summed E-state index contributed by atoms with van der Waals surface area (Å²) in [6.45, 7) is 0. The molecule has 17 heavy (non-hydrogen) atoms. The minimum absolute atomic E-state index is 0.0528. The lowest BCUT2D eigenvalue weighted by molar-refractivity contribution is 0.102. The van der Waals surface area contributed by atoms with Gasteiger partial charge in [-0.15, -0.1) is 0 Å². The van der Waals surface area contributed by atoms with Crippen LogP contribution in [-0.4, -0.2) is 10.8 Å². The van der Waals surface area contributed by atoms with Gasteiger partial charge < -0.3 is 0 Å². The van der Waals surface area contributed by atoms with E-state index in [0.717, 1.165) is 6.07 Å². The first-order chi connectivity index (χ1) is 8.11. The Morgan fingerprint density at radius 3 is 2.65 bits per heavy atom. The van der Waals surface area contributed by atoms with Gasteiger partial charge in [-0.05, 0) is 40.2 Å². The second-order valence-electron chi connectivity index (χ2n) is 3.26. The standard InChI is InChI=1S/C12H6BrF2NO/c13-8-4-2-6-16-11(8)12(17)7-3-1-5-9(14)10(7)15/h1-6H. The summed E-state index contributed by atoms with van der Waals surface area (Å²) in [5, 5.41) is 0. The van der Waals surface area contributed by atoms with Gasteiger partial charge >= 0.3 is 0 Å². The topological polar surface area (TPSA) is 30.0 Å². The average Bonchev–Trinajstić information content (AvgIpc) is 2.32. The van der Waals surface area contributed by atoms with Crippen LogP contribution in [0.1, 0.15) is 16.1 Å². The first kappa shape index (κ1) is 11.9. The van der Waals surface area contributed by atoms with Crippen LogP contribution in [0.25, 0.3) is 0 Å². The number of nitrogens with zero attached hydrogens (tertiary/aromatic N) is 1. The van der Waals surface area contributed by atoms with Gasteiger partial charge in [-0.3, -0.25) is 9.78 Å². The van der Waals surface area contributed by atoms with E-state index in [4.69, 9.17) is 0 Å². The van der Waals surface area contributed by atoms with Crippen LogP contribution in [-0.2, 0) is 0 Å². The van der Waals surface area contributed by atoms with Gasteiger partial charge in [0.1, 0.15) is 5.69 Å². The SMILES string of the molecule is O=C(c1cccc(F)c1F)c1ncccc1Br. The van der Waals surface area contributed by atoms with Crippen LogP contribution < -0.4 is 0 Å². The van der Waals surface area contributed by atoms with E-state index in [1.54, 1.807) is 12.1 Å². The van der Waals surface area contributed by atoms with E-state index in [-0.39, 0.29) is 11.3 Å². The van der Waals surface area contributed by atoms with Gasteiger partial charge in [-0.1, -0.05) is 6.07 Å². The molecule has 2 rings (SSSR count). The molecule has 0 amide bonds. The molecule has 1 heterocycles. The lowest BCUT2D eigenvalue weighted by Gasteiger charge is -2.04. The van der Waals surface area contributed by atoms with E-state index >= 15 is 0 Å². The van der Waals surface area contributed by atoms with Gasteiger partial charge in [0, 0.05) is 10.7 Å². The molecule has 0 aliphatic carbocycles. The molecule has 0 aliphatic heterocycles. The van der Waals surface area contributed by atoms with Gasteiger partial charge in [-0.2, -0.15) is 0 Å². The van der Waals surface area contributed by atoms with Crippen LogP contribution in [0.15, 0.2) is 41.0 Å². The molecule has 0 fully saturated rings. The van der Waals surface area contributed by atoms with E-state index < -0.39 is 17.4 Å². The first-order valence-corrected chi connectivity index (χ1v) is 5.50. The molecule has 0 saturated heterocycles. The number of pyridine rings is 1. The number of aromatic nitrogens is 1. The molecule has 1 aromatic heterocycles. The lowest BCUT2D eigenvalue weighted by atomic mass is 10.1. The van der Waals surface area contributed by atoms with E-state index in [2.05, 4.69) is 20.9 Å².